The SMILES string of the molecule is CC[C@H]1OC(O)[C@H](C)[C@@H](O)[C@H](C)[C@@H](O)[C@](C)(O)C[C@@H](C)CN[C@H](C)[C@@H](O)[C@]1(C)O. The molecule has 1 heterocycles. The van der Waals surface area contributed by atoms with Crippen molar-refractivity contribution in [2.24, 2.45) is 17.8 Å². The minimum atomic E-state index is -1.65. The Hall–Kier alpha value is -0.320. The molecular formula is C21H43NO7. The first kappa shape index (κ1) is 26.7. The summed E-state index contributed by atoms with van der Waals surface area (Å²) >= 11 is 0. The Balaban J connectivity index is 3.26. The molecule has 0 aromatic rings. The first-order valence-corrected chi connectivity index (χ1v) is 10.7. The molecular weight excluding hydrogens is 378 g/mol. The number of ether oxygens (including phenoxy) is 1. The van der Waals surface area contributed by atoms with Crippen molar-refractivity contribution in [1.82, 2.24) is 5.32 Å². The molecule has 0 aromatic heterocycles. The third kappa shape index (κ3) is 6.33. The van der Waals surface area contributed by atoms with E-state index in [1.54, 1.807) is 27.7 Å². The van der Waals surface area contributed by atoms with Crippen LogP contribution in [0.1, 0.15) is 61.3 Å². The predicted molar refractivity (Wildman–Crippen MR) is 110 cm³/mol. The molecule has 1 unspecified atom stereocenters. The van der Waals surface area contributed by atoms with Crippen LogP contribution < -0.4 is 5.32 Å². The van der Waals surface area contributed by atoms with Gasteiger partial charge in [0.1, 0.15) is 5.60 Å². The summed E-state index contributed by atoms with van der Waals surface area (Å²) in [6.45, 7) is 12.1. The van der Waals surface area contributed by atoms with Crippen molar-refractivity contribution >= 4 is 0 Å². The zero-order valence-electron chi connectivity index (χ0n) is 18.9. The standard InChI is InChI=1S/C21H43NO7/c1-8-15-21(7,28)18(25)14(5)22-10-11(2)9-20(6,27)17(24)12(3)16(23)13(4)19(26)29-15/h11-19,22-28H,8-10H2,1-7H3/t11-,12+,13-,14-,15-,16+,17-,18-,19?,20-,21-/m1/s1. The van der Waals surface area contributed by atoms with Crippen LogP contribution >= 0.6 is 0 Å². The van der Waals surface area contributed by atoms with E-state index in [0.717, 1.165) is 0 Å². The van der Waals surface area contributed by atoms with Gasteiger partial charge >= 0.3 is 0 Å². The molecule has 1 aliphatic heterocycles. The van der Waals surface area contributed by atoms with Crippen molar-refractivity contribution in [3.63, 3.8) is 0 Å². The highest BCUT2D eigenvalue weighted by molar-refractivity contribution is 4.96. The van der Waals surface area contributed by atoms with Gasteiger partial charge in [-0.05, 0) is 46.1 Å². The summed E-state index contributed by atoms with van der Waals surface area (Å²) in [7, 11) is 0. The molecule has 0 aromatic carbocycles. The summed E-state index contributed by atoms with van der Waals surface area (Å²) in [6.07, 6.45) is -5.26. The first-order chi connectivity index (χ1) is 13.2. The van der Waals surface area contributed by atoms with Crippen LogP contribution in [0.15, 0.2) is 0 Å². The molecule has 8 heteroatoms. The fraction of sp³-hybridized carbons (Fsp3) is 1.00. The highest BCUT2D eigenvalue weighted by Crippen LogP contribution is 2.32. The molecule has 1 saturated heterocycles. The maximum atomic E-state index is 11.0. The van der Waals surface area contributed by atoms with Crippen molar-refractivity contribution in [1.29, 1.82) is 0 Å². The summed E-state index contributed by atoms with van der Waals surface area (Å²) in [6, 6.07) is -0.482. The minimum absolute atomic E-state index is 0.0463. The summed E-state index contributed by atoms with van der Waals surface area (Å²) in [5, 5.41) is 67.7. The Labute approximate surface area is 174 Å². The van der Waals surface area contributed by atoms with Gasteiger partial charge in [-0.2, -0.15) is 0 Å². The topological polar surface area (TPSA) is 143 Å². The monoisotopic (exact) mass is 421 g/mol. The Morgan fingerprint density at radius 3 is 2.00 bits per heavy atom. The quantitative estimate of drug-likeness (QED) is 0.313. The molecule has 11 atom stereocenters. The molecule has 29 heavy (non-hydrogen) atoms. The molecule has 0 spiro atoms. The number of aliphatic hydroxyl groups excluding tert-OH is 4. The van der Waals surface area contributed by atoms with Crippen LogP contribution in [0.2, 0.25) is 0 Å². The molecule has 0 amide bonds. The number of hydrogen-bond donors (Lipinski definition) is 7. The van der Waals surface area contributed by atoms with Crippen LogP contribution in [-0.2, 0) is 4.74 Å². The highest BCUT2D eigenvalue weighted by Gasteiger charge is 2.45. The first-order valence-electron chi connectivity index (χ1n) is 10.7. The van der Waals surface area contributed by atoms with Crippen LogP contribution in [-0.4, -0.2) is 85.1 Å². The fourth-order valence-electron chi connectivity index (χ4n) is 4.43. The van der Waals surface area contributed by atoms with Gasteiger partial charge in [0, 0.05) is 17.9 Å². The van der Waals surface area contributed by atoms with E-state index < -0.39 is 59.8 Å². The van der Waals surface area contributed by atoms with Gasteiger partial charge in [0.15, 0.2) is 6.29 Å². The Bertz CT molecular complexity index is 501. The third-order valence-corrected chi connectivity index (χ3v) is 6.61. The van der Waals surface area contributed by atoms with E-state index in [4.69, 9.17) is 4.74 Å². The molecule has 1 rings (SSSR count). The van der Waals surface area contributed by atoms with Crippen LogP contribution in [0.5, 0.6) is 0 Å². The van der Waals surface area contributed by atoms with Gasteiger partial charge in [-0.15, -0.1) is 0 Å². The van der Waals surface area contributed by atoms with Crippen molar-refractivity contribution in [3.8, 4) is 0 Å². The number of aliphatic hydroxyl groups is 6. The number of hydrogen-bond acceptors (Lipinski definition) is 8. The maximum Gasteiger partial charge on any atom is 0.160 e. The van der Waals surface area contributed by atoms with E-state index in [1.807, 2.05) is 6.92 Å². The van der Waals surface area contributed by atoms with Crippen molar-refractivity contribution in [3.05, 3.63) is 0 Å². The van der Waals surface area contributed by atoms with Gasteiger partial charge < -0.3 is 40.7 Å². The van der Waals surface area contributed by atoms with Crippen molar-refractivity contribution in [2.45, 2.75) is 109 Å². The molecule has 1 aliphatic rings. The second-order valence-corrected chi connectivity index (χ2v) is 9.61. The Kier molecular flexibility index (Phi) is 9.51. The molecule has 0 aliphatic carbocycles. The largest absolute Gasteiger partial charge is 0.392 e. The average molecular weight is 422 g/mol. The second-order valence-electron chi connectivity index (χ2n) is 9.61. The lowest BCUT2D eigenvalue weighted by atomic mass is 9.78. The zero-order valence-corrected chi connectivity index (χ0v) is 18.9. The molecule has 7 N–H and O–H groups in total. The van der Waals surface area contributed by atoms with Crippen molar-refractivity contribution < 1.29 is 35.4 Å². The smallest absolute Gasteiger partial charge is 0.160 e. The lowest BCUT2D eigenvalue weighted by Gasteiger charge is -2.41. The summed E-state index contributed by atoms with van der Waals surface area (Å²) in [5.74, 6) is -1.57. The van der Waals surface area contributed by atoms with Crippen LogP contribution in [0.25, 0.3) is 0 Å². The predicted octanol–water partition coefficient (Wildman–Crippen LogP) is -0.0252. The average Bonchev–Trinajstić information content (AvgIpc) is 2.65. The van der Waals surface area contributed by atoms with E-state index in [9.17, 15) is 30.6 Å². The van der Waals surface area contributed by atoms with Crippen LogP contribution in [0.4, 0.5) is 0 Å². The summed E-state index contributed by atoms with van der Waals surface area (Å²) in [5.41, 5.74) is -3.10. The van der Waals surface area contributed by atoms with Gasteiger partial charge in [0.2, 0.25) is 0 Å². The van der Waals surface area contributed by atoms with Gasteiger partial charge in [-0.1, -0.05) is 27.7 Å². The number of rotatable bonds is 1. The summed E-state index contributed by atoms with van der Waals surface area (Å²) in [4.78, 5) is 0. The number of nitrogens with one attached hydrogen (secondary N) is 1. The minimum Gasteiger partial charge on any atom is -0.392 e. The van der Waals surface area contributed by atoms with E-state index in [-0.39, 0.29) is 12.3 Å². The van der Waals surface area contributed by atoms with Crippen LogP contribution in [0, 0.1) is 17.8 Å². The van der Waals surface area contributed by atoms with Gasteiger partial charge in [-0.25, -0.2) is 0 Å². The Morgan fingerprint density at radius 2 is 1.48 bits per heavy atom. The normalized spacial score (nSPS) is 51.8. The Morgan fingerprint density at radius 1 is 0.931 bits per heavy atom. The van der Waals surface area contributed by atoms with E-state index in [2.05, 4.69) is 5.32 Å². The zero-order chi connectivity index (χ0) is 22.7. The van der Waals surface area contributed by atoms with Crippen LogP contribution in [0.3, 0.4) is 0 Å². The molecule has 174 valence electrons. The van der Waals surface area contributed by atoms with E-state index >= 15 is 0 Å². The lowest BCUT2D eigenvalue weighted by Crippen LogP contribution is -2.59. The molecule has 0 radical (unpaired) electrons. The van der Waals surface area contributed by atoms with Gasteiger partial charge in [0.05, 0.1) is 30.0 Å². The van der Waals surface area contributed by atoms with Gasteiger partial charge in [0.25, 0.3) is 0 Å². The lowest BCUT2D eigenvalue weighted by molar-refractivity contribution is -0.245. The molecule has 1 fully saturated rings. The highest BCUT2D eigenvalue weighted by atomic mass is 16.6. The maximum absolute atomic E-state index is 11.0. The third-order valence-electron chi connectivity index (χ3n) is 6.61. The second kappa shape index (κ2) is 10.3. The fourth-order valence-corrected chi connectivity index (χ4v) is 4.43. The summed E-state index contributed by atoms with van der Waals surface area (Å²) < 4.78 is 5.66. The molecule has 0 bridgehead atoms. The molecule has 8 nitrogen and oxygen atoms in total. The van der Waals surface area contributed by atoms with E-state index in [1.165, 1.54) is 13.8 Å². The van der Waals surface area contributed by atoms with E-state index in [0.29, 0.717) is 13.0 Å². The molecule has 0 saturated carbocycles. The van der Waals surface area contributed by atoms with Gasteiger partial charge in [-0.3, -0.25) is 0 Å². The van der Waals surface area contributed by atoms with Crippen molar-refractivity contribution in [2.75, 3.05) is 6.54 Å².